The van der Waals surface area contributed by atoms with Gasteiger partial charge < -0.3 is 19.9 Å². The van der Waals surface area contributed by atoms with Crippen LogP contribution in [0.4, 0.5) is 11.5 Å². The molecule has 0 atom stereocenters. The highest BCUT2D eigenvalue weighted by Gasteiger charge is 2.15. The normalized spacial score (nSPS) is 10.4. The van der Waals surface area contributed by atoms with Crippen LogP contribution in [-0.2, 0) is 4.79 Å². The Morgan fingerprint density at radius 1 is 1.11 bits per heavy atom. The number of carbonyl (C=O) groups excluding carboxylic acids is 2. The molecule has 0 aliphatic rings. The first kappa shape index (κ1) is 19.7. The molecule has 3 aromatic rings. The van der Waals surface area contributed by atoms with Gasteiger partial charge in [-0.3, -0.25) is 9.59 Å². The molecule has 9 heteroatoms. The van der Waals surface area contributed by atoms with E-state index in [0.717, 1.165) is 0 Å². The van der Waals surface area contributed by atoms with Crippen LogP contribution < -0.4 is 15.4 Å². The van der Waals surface area contributed by atoms with E-state index < -0.39 is 11.8 Å². The van der Waals surface area contributed by atoms with Crippen molar-refractivity contribution in [2.45, 2.75) is 6.92 Å². The zero-order valence-corrected chi connectivity index (χ0v) is 16.2. The molecule has 0 unspecified atom stereocenters. The lowest BCUT2D eigenvalue weighted by atomic mass is 10.1. The summed E-state index contributed by atoms with van der Waals surface area (Å²) in [5, 5.41) is 9.72. The minimum atomic E-state index is -0.455. The molecule has 7 nitrogen and oxygen atoms in total. The zero-order chi connectivity index (χ0) is 20.1. The van der Waals surface area contributed by atoms with Crippen LogP contribution in [0.25, 0.3) is 0 Å². The standard InChI is InChI=1S/C19H15Cl2N3O4/c1-11-8-17(24-28-11)23-19(26)13-4-2-3-5-15(13)22-18(25)10-27-16-7-6-12(20)9-14(16)21/h2-9H,10H2,1H3,(H,22,25)(H,23,24,26). The van der Waals surface area contributed by atoms with Gasteiger partial charge in [-0.1, -0.05) is 40.5 Å². The number of nitrogens with zero attached hydrogens (tertiary/aromatic N) is 1. The maximum atomic E-state index is 12.5. The Hall–Kier alpha value is -3.03. The smallest absolute Gasteiger partial charge is 0.262 e. The van der Waals surface area contributed by atoms with Crippen LogP contribution >= 0.6 is 23.2 Å². The summed E-state index contributed by atoms with van der Waals surface area (Å²) >= 11 is 11.8. The Kier molecular flexibility index (Phi) is 6.18. The first-order valence-electron chi connectivity index (χ1n) is 8.14. The number of hydrogen-bond donors (Lipinski definition) is 2. The summed E-state index contributed by atoms with van der Waals surface area (Å²) in [4.78, 5) is 24.7. The highest BCUT2D eigenvalue weighted by Crippen LogP contribution is 2.27. The molecule has 0 aliphatic heterocycles. The summed E-state index contributed by atoms with van der Waals surface area (Å²) < 4.78 is 10.3. The minimum Gasteiger partial charge on any atom is -0.482 e. The van der Waals surface area contributed by atoms with Gasteiger partial charge in [0.2, 0.25) is 0 Å². The average molecular weight is 420 g/mol. The van der Waals surface area contributed by atoms with Gasteiger partial charge in [-0.15, -0.1) is 0 Å². The van der Waals surface area contributed by atoms with Crippen molar-refractivity contribution in [2.75, 3.05) is 17.2 Å². The number of para-hydroxylation sites is 1. The third kappa shape index (κ3) is 5.03. The van der Waals surface area contributed by atoms with Crippen molar-refractivity contribution in [2.24, 2.45) is 0 Å². The molecule has 2 amide bonds. The maximum Gasteiger partial charge on any atom is 0.262 e. The molecular weight excluding hydrogens is 405 g/mol. The highest BCUT2D eigenvalue weighted by molar-refractivity contribution is 6.35. The predicted molar refractivity (Wildman–Crippen MR) is 106 cm³/mol. The van der Waals surface area contributed by atoms with Gasteiger partial charge in [0.1, 0.15) is 11.5 Å². The molecule has 144 valence electrons. The van der Waals surface area contributed by atoms with Gasteiger partial charge in [0.15, 0.2) is 12.4 Å². The number of nitrogens with one attached hydrogen (secondary N) is 2. The van der Waals surface area contributed by atoms with Crippen molar-refractivity contribution in [3.8, 4) is 5.75 Å². The summed E-state index contributed by atoms with van der Waals surface area (Å²) in [5.41, 5.74) is 0.594. The summed E-state index contributed by atoms with van der Waals surface area (Å²) in [6.45, 7) is 1.42. The second-order valence-corrected chi connectivity index (χ2v) is 6.58. The lowest BCUT2D eigenvalue weighted by Crippen LogP contribution is -2.23. The summed E-state index contributed by atoms with van der Waals surface area (Å²) in [6, 6.07) is 12.8. The van der Waals surface area contributed by atoms with E-state index in [1.807, 2.05) is 0 Å². The fraction of sp³-hybridized carbons (Fsp3) is 0.105. The number of aromatic nitrogens is 1. The van der Waals surface area contributed by atoms with Crippen LogP contribution in [0.2, 0.25) is 10.0 Å². The molecular formula is C19H15Cl2N3O4. The van der Waals surface area contributed by atoms with Crippen LogP contribution in [0.1, 0.15) is 16.1 Å². The van der Waals surface area contributed by atoms with Crippen molar-refractivity contribution >= 4 is 46.5 Å². The lowest BCUT2D eigenvalue weighted by Gasteiger charge is -2.12. The summed E-state index contributed by atoms with van der Waals surface area (Å²) in [7, 11) is 0. The molecule has 3 rings (SSSR count). The van der Waals surface area contributed by atoms with E-state index in [1.54, 1.807) is 49.4 Å². The van der Waals surface area contributed by atoms with Crippen LogP contribution in [-0.4, -0.2) is 23.6 Å². The Balaban J connectivity index is 1.65. The first-order chi connectivity index (χ1) is 13.4. The molecule has 2 N–H and O–H groups in total. The number of rotatable bonds is 6. The minimum absolute atomic E-state index is 0.265. The summed E-state index contributed by atoms with van der Waals surface area (Å²) in [5.74, 6) is 0.280. The van der Waals surface area contributed by atoms with E-state index >= 15 is 0 Å². The van der Waals surface area contributed by atoms with E-state index in [0.29, 0.717) is 27.2 Å². The molecule has 0 spiro atoms. The third-order valence-corrected chi connectivity index (χ3v) is 4.10. The zero-order valence-electron chi connectivity index (χ0n) is 14.7. The van der Waals surface area contributed by atoms with Crippen LogP contribution in [0.3, 0.4) is 0 Å². The fourth-order valence-electron chi connectivity index (χ4n) is 2.32. The first-order valence-corrected chi connectivity index (χ1v) is 8.89. The van der Waals surface area contributed by atoms with Gasteiger partial charge in [0.05, 0.1) is 16.3 Å². The molecule has 2 aromatic carbocycles. The average Bonchev–Trinajstić information content (AvgIpc) is 3.06. The lowest BCUT2D eigenvalue weighted by molar-refractivity contribution is -0.118. The molecule has 0 fully saturated rings. The largest absolute Gasteiger partial charge is 0.482 e. The fourth-order valence-corrected chi connectivity index (χ4v) is 2.78. The van der Waals surface area contributed by atoms with Gasteiger partial charge in [0, 0.05) is 11.1 Å². The predicted octanol–water partition coefficient (Wildman–Crippen LogP) is 4.56. The highest BCUT2D eigenvalue weighted by atomic mass is 35.5. The van der Waals surface area contributed by atoms with E-state index in [9.17, 15) is 9.59 Å². The topological polar surface area (TPSA) is 93.5 Å². The number of benzene rings is 2. The van der Waals surface area contributed by atoms with E-state index in [-0.39, 0.29) is 18.0 Å². The SMILES string of the molecule is Cc1cc(NC(=O)c2ccccc2NC(=O)COc2ccc(Cl)cc2Cl)no1. The van der Waals surface area contributed by atoms with Crippen LogP contribution in [0, 0.1) is 6.92 Å². The van der Waals surface area contributed by atoms with Crippen molar-refractivity contribution in [3.63, 3.8) is 0 Å². The maximum absolute atomic E-state index is 12.5. The molecule has 1 aromatic heterocycles. The Morgan fingerprint density at radius 2 is 1.89 bits per heavy atom. The summed E-state index contributed by atoms with van der Waals surface area (Å²) in [6.07, 6.45) is 0. The van der Waals surface area contributed by atoms with Crippen molar-refractivity contribution in [1.29, 1.82) is 0 Å². The van der Waals surface area contributed by atoms with Gasteiger partial charge in [0.25, 0.3) is 11.8 Å². The van der Waals surface area contributed by atoms with E-state index in [4.69, 9.17) is 32.5 Å². The number of aryl methyl sites for hydroxylation is 1. The van der Waals surface area contributed by atoms with Crippen molar-refractivity contribution in [3.05, 3.63) is 69.9 Å². The van der Waals surface area contributed by atoms with Gasteiger partial charge in [-0.2, -0.15) is 0 Å². The number of hydrogen-bond acceptors (Lipinski definition) is 5. The Labute approximate surface area is 170 Å². The Bertz CT molecular complexity index is 1020. The van der Waals surface area contributed by atoms with Gasteiger partial charge >= 0.3 is 0 Å². The van der Waals surface area contributed by atoms with Crippen molar-refractivity contribution < 1.29 is 18.8 Å². The third-order valence-electron chi connectivity index (χ3n) is 3.57. The molecule has 0 radical (unpaired) electrons. The van der Waals surface area contributed by atoms with E-state index in [1.165, 1.54) is 6.07 Å². The number of carbonyl (C=O) groups is 2. The molecule has 28 heavy (non-hydrogen) atoms. The second-order valence-electron chi connectivity index (χ2n) is 5.73. The molecule has 0 saturated heterocycles. The quantitative estimate of drug-likeness (QED) is 0.610. The number of ether oxygens (including phenoxy) is 1. The van der Waals surface area contributed by atoms with Crippen LogP contribution in [0.15, 0.2) is 53.1 Å². The number of anilines is 2. The van der Waals surface area contributed by atoms with E-state index in [2.05, 4.69) is 15.8 Å². The second kappa shape index (κ2) is 8.77. The molecule has 0 aliphatic carbocycles. The van der Waals surface area contributed by atoms with Gasteiger partial charge in [-0.25, -0.2) is 0 Å². The number of amides is 2. The molecule has 0 bridgehead atoms. The molecule has 0 saturated carbocycles. The molecule has 1 heterocycles. The monoisotopic (exact) mass is 419 g/mol. The van der Waals surface area contributed by atoms with Crippen LogP contribution in [0.5, 0.6) is 5.75 Å². The Morgan fingerprint density at radius 3 is 2.61 bits per heavy atom. The van der Waals surface area contributed by atoms with Gasteiger partial charge in [-0.05, 0) is 37.3 Å². The van der Waals surface area contributed by atoms with Crippen molar-refractivity contribution in [1.82, 2.24) is 5.16 Å². The number of halogens is 2.